The summed E-state index contributed by atoms with van der Waals surface area (Å²) in [5.41, 5.74) is 0. The van der Waals surface area contributed by atoms with Crippen LogP contribution in [-0.4, -0.2) is 26.3 Å². The molecule has 0 unspecified atom stereocenters. The van der Waals surface area contributed by atoms with E-state index in [0.717, 1.165) is 0 Å². The lowest BCUT2D eigenvalue weighted by Gasteiger charge is -2.05. The Balaban J connectivity index is 3.80. The fourth-order valence-electron chi connectivity index (χ4n) is 0.599. The summed E-state index contributed by atoms with van der Waals surface area (Å²) in [5, 5.41) is 0. The number of ether oxygens (including phenoxy) is 2. The summed E-state index contributed by atoms with van der Waals surface area (Å²) in [4.78, 5) is 10.4. The third kappa shape index (κ3) is 5.82. The largest absolute Gasteiger partial charge is 0.352 e. The predicted molar refractivity (Wildman–Crippen MR) is 46.8 cm³/mol. The fourth-order valence-corrected chi connectivity index (χ4v) is 0.599. The van der Waals surface area contributed by atoms with E-state index >= 15 is 0 Å². The van der Waals surface area contributed by atoms with E-state index in [1.165, 1.54) is 13.0 Å². The van der Waals surface area contributed by atoms with Crippen LogP contribution >= 0.6 is 0 Å². The predicted octanol–water partition coefficient (Wildman–Crippen LogP) is 1.31. The second-order valence-corrected chi connectivity index (χ2v) is 2.19. The van der Waals surface area contributed by atoms with Crippen molar-refractivity contribution in [1.29, 1.82) is 0 Å². The average Bonchev–Trinajstić information content (AvgIpc) is 2.04. The normalized spacial score (nSPS) is 12.0. The molecule has 0 spiro atoms. The van der Waals surface area contributed by atoms with Gasteiger partial charge in [0, 0.05) is 14.2 Å². The first-order valence-corrected chi connectivity index (χ1v) is 3.61. The number of carbonyl (C=O) groups is 1. The molecule has 0 saturated carbocycles. The molecule has 0 heterocycles. The third-order valence-electron chi connectivity index (χ3n) is 1.17. The van der Waals surface area contributed by atoms with Crippen LogP contribution in [0.4, 0.5) is 0 Å². The Morgan fingerprint density at radius 1 is 1.25 bits per heavy atom. The zero-order valence-corrected chi connectivity index (χ0v) is 7.61. The SMILES string of the molecule is COC(/C=C/C=C/C(C)=O)OC. The number of methoxy groups -OCH3 is 2. The Bertz CT molecular complexity index is 178. The highest BCUT2D eigenvalue weighted by Gasteiger charge is 1.94. The van der Waals surface area contributed by atoms with E-state index in [2.05, 4.69) is 0 Å². The molecule has 68 valence electrons. The molecule has 0 N–H and O–H groups in total. The minimum atomic E-state index is -0.346. The average molecular weight is 170 g/mol. The van der Waals surface area contributed by atoms with Gasteiger partial charge in [0.15, 0.2) is 12.1 Å². The minimum Gasteiger partial charge on any atom is -0.352 e. The van der Waals surface area contributed by atoms with Crippen molar-refractivity contribution < 1.29 is 14.3 Å². The van der Waals surface area contributed by atoms with E-state index in [0.29, 0.717) is 0 Å². The van der Waals surface area contributed by atoms with Crippen molar-refractivity contribution in [2.45, 2.75) is 13.2 Å². The van der Waals surface area contributed by atoms with E-state index < -0.39 is 0 Å². The van der Waals surface area contributed by atoms with Crippen LogP contribution in [-0.2, 0) is 14.3 Å². The van der Waals surface area contributed by atoms with Crippen molar-refractivity contribution in [2.24, 2.45) is 0 Å². The molecular formula is C9H14O3. The van der Waals surface area contributed by atoms with Crippen LogP contribution in [0.2, 0.25) is 0 Å². The maximum Gasteiger partial charge on any atom is 0.176 e. The standard InChI is InChI=1S/C9H14O3/c1-8(10)6-4-5-7-9(11-2)12-3/h4-7,9H,1-3H3/b6-4+,7-5+. The molecule has 0 radical (unpaired) electrons. The molecule has 0 aliphatic rings. The molecule has 0 aliphatic carbocycles. The summed E-state index contributed by atoms with van der Waals surface area (Å²) in [6.07, 6.45) is 6.19. The fraction of sp³-hybridized carbons (Fsp3) is 0.444. The molecule has 0 bridgehead atoms. The van der Waals surface area contributed by atoms with Crippen LogP contribution in [0.1, 0.15) is 6.92 Å². The van der Waals surface area contributed by atoms with Crippen LogP contribution in [0, 0.1) is 0 Å². The van der Waals surface area contributed by atoms with Crippen LogP contribution in [0.15, 0.2) is 24.3 Å². The van der Waals surface area contributed by atoms with E-state index in [1.54, 1.807) is 32.4 Å². The molecule has 3 heteroatoms. The van der Waals surface area contributed by atoms with Crippen LogP contribution in [0.5, 0.6) is 0 Å². The highest BCUT2D eigenvalue weighted by molar-refractivity contribution is 5.87. The van der Waals surface area contributed by atoms with Gasteiger partial charge in [0.2, 0.25) is 0 Å². The summed E-state index contributed by atoms with van der Waals surface area (Å²) in [5.74, 6) is 0.0195. The van der Waals surface area contributed by atoms with Crippen LogP contribution in [0.3, 0.4) is 0 Å². The zero-order valence-electron chi connectivity index (χ0n) is 7.61. The molecule has 0 aliphatic heterocycles. The Hall–Kier alpha value is -0.930. The summed E-state index contributed by atoms with van der Waals surface area (Å²) in [6.45, 7) is 1.49. The molecule has 0 amide bonds. The van der Waals surface area contributed by atoms with Crippen LogP contribution in [0.25, 0.3) is 0 Å². The lowest BCUT2D eigenvalue weighted by atomic mass is 10.3. The molecule has 0 aromatic heterocycles. The van der Waals surface area contributed by atoms with Gasteiger partial charge in [-0.25, -0.2) is 0 Å². The Morgan fingerprint density at radius 2 is 1.83 bits per heavy atom. The Morgan fingerprint density at radius 3 is 2.25 bits per heavy atom. The summed E-state index contributed by atoms with van der Waals surface area (Å²) in [7, 11) is 3.10. The first kappa shape index (κ1) is 11.1. The smallest absolute Gasteiger partial charge is 0.176 e. The molecule has 12 heavy (non-hydrogen) atoms. The molecule has 0 atom stereocenters. The van der Waals surface area contributed by atoms with Gasteiger partial charge in [-0.2, -0.15) is 0 Å². The second kappa shape index (κ2) is 6.76. The Kier molecular flexibility index (Phi) is 6.24. The van der Waals surface area contributed by atoms with E-state index in [1.807, 2.05) is 0 Å². The first-order chi connectivity index (χ1) is 5.70. The number of rotatable bonds is 5. The lowest BCUT2D eigenvalue weighted by Crippen LogP contribution is -2.08. The van der Waals surface area contributed by atoms with E-state index in [4.69, 9.17) is 9.47 Å². The summed E-state index contributed by atoms with van der Waals surface area (Å²) in [6, 6.07) is 0. The van der Waals surface area contributed by atoms with Gasteiger partial charge in [-0.05, 0) is 19.1 Å². The molecule has 3 nitrogen and oxygen atoms in total. The molecule has 0 saturated heterocycles. The lowest BCUT2D eigenvalue weighted by molar-refractivity contribution is -0.112. The van der Waals surface area contributed by atoms with Gasteiger partial charge in [0.1, 0.15) is 0 Å². The maximum absolute atomic E-state index is 10.4. The van der Waals surface area contributed by atoms with Gasteiger partial charge >= 0.3 is 0 Å². The number of allylic oxidation sites excluding steroid dienone is 3. The van der Waals surface area contributed by atoms with Crippen molar-refractivity contribution in [3.05, 3.63) is 24.3 Å². The van der Waals surface area contributed by atoms with E-state index in [-0.39, 0.29) is 12.1 Å². The molecule has 0 aromatic rings. The van der Waals surface area contributed by atoms with Crippen molar-refractivity contribution in [2.75, 3.05) is 14.2 Å². The summed E-state index contributed by atoms with van der Waals surface area (Å²) < 4.78 is 9.76. The monoisotopic (exact) mass is 170 g/mol. The second-order valence-electron chi connectivity index (χ2n) is 2.19. The number of hydrogen-bond donors (Lipinski definition) is 0. The zero-order chi connectivity index (χ0) is 9.40. The van der Waals surface area contributed by atoms with Gasteiger partial charge in [0.25, 0.3) is 0 Å². The number of ketones is 1. The van der Waals surface area contributed by atoms with Crippen molar-refractivity contribution in [1.82, 2.24) is 0 Å². The van der Waals surface area contributed by atoms with Gasteiger partial charge < -0.3 is 9.47 Å². The minimum absolute atomic E-state index is 0.0195. The molecule has 0 aromatic carbocycles. The van der Waals surface area contributed by atoms with Gasteiger partial charge in [-0.1, -0.05) is 12.2 Å². The van der Waals surface area contributed by atoms with Gasteiger partial charge in [0.05, 0.1) is 0 Å². The maximum atomic E-state index is 10.4. The quantitative estimate of drug-likeness (QED) is 0.354. The highest BCUT2D eigenvalue weighted by Crippen LogP contribution is 1.92. The van der Waals surface area contributed by atoms with Crippen molar-refractivity contribution in [3.8, 4) is 0 Å². The van der Waals surface area contributed by atoms with Crippen molar-refractivity contribution in [3.63, 3.8) is 0 Å². The highest BCUT2D eigenvalue weighted by atomic mass is 16.7. The number of carbonyl (C=O) groups excluding carboxylic acids is 1. The first-order valence-electron chi connectivity index (χ1n) is 3.61. The van der Waals surface area contributed by atoms with Crippen molar-refractivity contribution >= 4 is 5.78 Å². The summed E-state index contributed by atoms with van der Waals surface area (Å²) >= 11 is 0. The number of hydrogen-bond acceptors (Lipinski definition) is 3. The molecule has 0 rings (SSSR count). The van der Waals surface area contributed by atoms with Crippen LogP contribution < -0.4 is 0 Å². The van der Waals surface area contributed by atoms with Gasteiger partial charge in [-0.15, -0.1) is 0 Å². The Labute approximate surface area is 72.7 Å². The molecule has 0 fully saturated rings. The molecular weight excluding hydrogens is 156 g/mol. The topological polar surface area (TPSA) is 35.5 Å². The third-order valence-corrected chi connectivity index (χ3v) is 1.17. The van der Waals surface area contributed by atoms with E-state index in [9.17, 15) is 4.79 Å². The van der Waals surface area contributed by atoms with Gasteiger partial charge in [-0.3, -0.25) is 4.79 Å².